The first-order chi connectivity index (χ1) is 11.1. The molecule has 0 atom stereocenters. The van der Waals surface area contributed by atoms with Crippen LogP contribution in [0.15, 0.2) is 42.5 Å². The Hall–Kier alpha value is -2.40. The first kappa shape index (κ1) is 15.5. The maximum Gasteiger partial charge on any atom is 0.338 e. The van der Waals surface area contributed by atoms with Crippen LogP contribution in [0.25, 0.3) is 0 Å². The number of carbonyl (C=O) groups is 3. The van der Waals surface area contributed by atoms with Gasteiger partial charge in [0.15, 0.2) is 11.6 Å². The summed E-state index contributed by atoms with van der Waals surface area (Å²) in [7, 11) is 0. The zero-order valence-electron chi connectivity index (χ0n) is 12.2. The van der Waals surface area contributed by atoms with E-state index in [1.54, 1.807) is 24.3 Å². The third kappa shape index (κ3) is 2.80. The number of hydrogen-bond acceptors (Lipinski definition) is 5. The summed E-state index contributed by atoms with van der Waals surface area (Å²) in [6.45, 7) is 0.273. The van der Waals surface area contributed by atoms with E-state index in [4.69, 9.17) is 4.74 Å². The van der Waals surface area contributed by atoms with E-state index in [2.05, 4.69) is 12.6 Å². The molecule has 0 saturated carbocycles. The van der Waals surface area contributed by atoms with Gasteiger partial charge in [-0.1, -0.05) is 24.3 Å². The van der Waals surface area contributed by atoms with E-state index in [-0.39, 0.29) is 29.3 Å². The van der Waals surface area contributed by atoms with Gasteiger partial charge in [-0.2, -0.15) is 12.6 Å². The first-order valence-corrected chi connectivity index (χ1v) is 7.87. The summed E-state index contributed by atoms with van der Waals surface area (Å²) in [4.78, 5) is 37.0. The van der Waals surface area contributed by atoms with Crippen molar-refractivity contribution in [2.45, 2.75) is 6.42 Å². The molecule has 0 spiro atoms. The molecule has 5 heteroatoms. The van der Waals surface area contributed by atoms with Crippen molar-refractivity contribution in [2.75, 3.05) is 12.4 Å². The number of fused-ring (bicyclic) bond motifs is 2. The Morgan fingerprint density at radius 2 is 1.52 bits per heavy atom. The lowest BCUT2D eigenvalue weighted by Gasteiger charge is -2.17. The smallest absolute Gasteiger partial charge is 0.338 e. The van der Waals surface area contributed by atoms with E-state index in [1.165, 1.54) is 18.2 Å². The molecule has 3 rings (SSSR count). The van der Waals surface area contributed by atoms with Crippen LogP contribution in [0.5, 0.6) is 0 Å². The summed E-state index contributed by atoms with van der Waals surface area (Å²) in [5, 5.41) is 0. The fourth-order valence-corrected chi connectivity index (χ4v) is 2.67. The van der Waals surface area contributed by atoms with Crippen LogP contribution >= 0.6 is 12.6 Å². The van der Waals surface area contributed by atoms with Gasteiger partial charge in [-0.3, -0.25) is 9.59 Å². The van der Waals surface area contributed by atoms with E-state index in [0.717, 1.165) is 0 Å². The predicted octanol–water partition coefficient (Wildman–Crippen LogP) is 2.94. The van der Waals surface area contributed by atoms with E-state index in [1.807, 2.05) is 0 Å². The fraction of sp³-hybridized carbons (Fsp3) is 0.167. The largest absolute Gasteiger partial charge is 0.462 e. The molecule has 2 aromatic carbocycles. The van der Waals surface area contributed by atoms with Crippen molar-refractivity contribution in [3.63, 3.8) is 0 Å². The average Bonchev–Trinajstić information content (AvgIpc) is 2.59. The fourth-order valence-electron chi connectivity index (χ4n) is 2.54. The molecule has 0 heterocycles. The van der Waals surface area contributed by atoms with Crippen LogP contribution in [-0.2, 0) is 4.74 Å². The third-order valence-electron chi connectivity index (χ3n) is 3.70. The second kappa shape index (κ2) is 6.38. The first-order valence-electron chi connectivity index (χ1n) is 7.24. The molecule has 1 aliphatic rings. The summed E-state index contributed by atoms with van der Waals surface area (Å²) in [6, 6.07) is 11.2. The highest BCUT2D eigenvalue weighted by Gasteiger charge is 2.30. The average molecular weight is 326 g/mol. The Bertz CT molecular complexity index is 810. The number of thiol groups is 1. The van der Waals surface area contributed by atoms with Gasteiger partial charge in [-0.15, -0.1) is 0 Å². The van der Waals surface area contributed by atoms with Gasteiger partial charge in [0.25, 0.3) is 0 Å². The summed E-state index contributed by atoms with van der Waals surface area (Å²) >= 11 is 4.05. The summed E-state index contributed by atoms with van der Waals surface area (Å²) < 4.78 is 5.11. The topological polar surface area (TPSA) is 60.4 Å². The molecule has 0 fully saturated rings. The summed E-state index contributed by atoms with van der Waals surface area (Å²) in [5.41, 5.74) is 1.60. The maximum atomic E-state index is 12.6. The molecule has 0 saturated heterocycles. The highest BCUT2D eigenvalue weighted by atomic mass is 32.1. The van der Waals surface area contributed by atoms with E-state index < -0.39 is 5.97 Å². The predicted molar refractivity (Wildman–Crippen MR) is 88.5 cm³/mol. The van der Waals surface area contributed by atoms with Crippen molar-refractivity contribution in [3.05, 3.63) is 70.3 Å². The van der Waals surface area contributed by atoms with Crippen molar-refractivity contribution in [1.29, 1.82) is 0 Å². The van der Waals surface area contributed by atoms with Crippen molar-refractivity contribution < 1.29 is 19.1 Å². The van der Waals surface area contributed by atoms with Gasteiger partial charge in [-0.25, -0.2) is 4.79 Å². The van der Waals surface area contributed by atoms with Gasteiger partial charge in [0.05, 0.1) is 12.2 Å². The Morgan fingerprint density at radius 1 is 0.913 bits per heavy atom. The molecule has 0 bridgehead atoms. The van der Waals surface area contributed by atoms with Crippen molar-refractivity contribution >= 4 is 30.2 Å². The standard InChI is InChI=1S/C18H14O4S/c19-16-12-4-1-2-5-13(12)17(20)15-10-11(6-7-14(15)16)18(21)22-8-3-9-23/h1-2,4-7,10,23H,3,8-9H2. The molecule has 0 amide bonds. The summed E-state index contributed by atoms with van der Waals surface area (Å²) in [5.74, 6) is -0.333. The second-order valence-electron chi connectivity index (χ2n) is 5.18. The Morgan fingerprint density at radius 3 is 2.17 bits per heavy atom. The van der Waals surface area contributed by atoms with Crippen LogP contribution in [-0.4, -0.2) is 29.9 Å². The quantitative estimate of drug-likeness (QED) is 0.455. The minimum atomic E-state index is -0.506. The zero-order valence-corrected chi connectivity index (χ0v) is 13.1. The van der Waals surface area contributed by atoms with E-state index >= 15 is 0 Å². The van der Waals surface area contributed by atoms with Gasteiger partial charge in [-0.05, 0) is 30.4 Å². The van der Waals surface area contributed by atoms with Crippen LogP contribution in [0, 0.1) is 0 Å². The number of carbonyl (C=O) groups excluding carboxylic acids is 3. The SMILES string of the molecule is O=C(OCCCS)c1ccc2c(c1)C(=O)c1ccccc1C2=O. The number of ketones is 2. The van der Waals surface area contributed by atoms with E-state index in [9.17, 15) is 14.4 Å². The van der Waals surface area contributed by atoms with Crippen LogP contribution in [0.1, 0.15) is 48.6 Å². The van der Waals surface area contributed by atoms with Gasteiger partial charge < -0.3 is 4.74 Å². The van der Waals surface area contributed by atoms with Gasteiger partial charge in [0, 0.05) is 22.3 Å². The van der Waals surface area contributed by atoms with Crippen LogP contribution < -0.4 is 0 Å². The second-order valence-corrected chi connectivity index (χ2v) is 5.62. The van der Waals surface area contributed by atoms with Crippen molar-refractivity contribution in [2.24, 2.45) is 0 Å². The number of rotatable bonds is 4. The van der Waals surface area contributed by atoms with Crippen molar-refractivity contribution in [3.8, 4) is 0 Å². The lowest BCUT2D eigenvalue weighted by Crippen LogP contribution is -2.21. The molecule has 0 unspecified atom stereocenters. The highest BCUT2D eigenvalue weighted by molar-refractivity contribution is 7.80. The van der Waals surface area contributed by atoms with Gasteiger partial charge >= 0.3 is 5.97 Å². The van der Waals surface area contributed by atoms with Gasteiger partial charge in [0.2, 0.25) is 0 Å². The Balaban J connectivity index is 1.96. The molecule has 1 aliphatic carbocycles. The molecule has 0 radical (unpaired) electrons. The molecule has 23 heavy (non-hydrogen) atoms. The third-order valence-corrected chi connectivity index (χ3v) is 4.01. The minimum Gasteiger partial charge on any atom is -0.462 e. The Labute approximate surface area is 138 Å². The van der Waals surface area contributed by atoms with Crippen LogP contribution in [0.4, 0.5) is 0 Å². The highest BCUT2D eigenvalue weighted by Crippen LogP contribution is 2.28. The molecule has 0 aliphatic heterocycles. The molecule has 116 valence electrons. The molecule has 0 aromatic heterocycles. The Kier molecular flexibility index (Phi) is 4.30. The molecular formula is C18H14O4S. The number of benzene rings is 2. The lowest BCUT2D eigenvalue weighted by atomic mass is 9.83. The summed E-state index contributed by atoms with van der Waals surface area (Å²) in [6.07, 6.45) is 0.657. The zero-order chi connectivity index (χ0) is 16.4. The number of ether oxygens (including phenoxy) is 1. The molecular weight excluding hydrogens is 312 g/mol. The minimum absolute atomic E-state index is 0.204. The number of esters is 1. The molecule has 0 N–H and O–H groups in total. The van der Waals surface area contributed by atoms with Crippen molar-refractivity contribution in [1.82, 2.24) is 0 Å². The molecule has 2 aromatic rings. The van der Waals surface area contributed by atoms with E-state index in [0.29, 0.717) is 28.9 Å². The molecule has 4 nitrogen and oxygen atoms in total. The monoisotopic (exact) mass is 326 g/mol. The van der Waals surface area contributed by atoms with Gasteiger partial charge in [0.1, 0.15) is 0 Å². The van der Waals surface area contributed by atoms with Crippen LogP contribution in [0.3, 0.4) is 0 Å². The lowest BCUT2D eigenvalue weighted by molar-refractivity contribution is 0.0506. The van der Waals surface area contributed by atoms with Crippen LogP contribution in [0.2, 0.25) is 0 Å². The number of hydrogen-bond donors (Lipinski definition) is 1. The maximum absolute atomic E-state index is 12.6. The normalized spacial score (nSPS) is 12.6.